The number of rotatable bonds is 6. The van der Waals surface area contributed by atoms with E-state index >= 15 is 0 Å². The normalized spacial score (nSPS) is 22.8. The van der Waals surface area contributed by atoms with Crippen molar-refractivity contribution >= 4 is 11.8 Å². The first-order valence-electron chi connectivity index (χ1n) is 11.5. The van der Waals surface area contributed by atoms with Crippen LogP contribution in [0.3, 0.4) is 0 Å². The average Bonchev–Trinajstić information content (AvgIpc) is 3.49. The molecule has 33 heavy (non-hydrogen) atoms. The summed E-state index contributed by atoms with van der Waals surface area (Å²) in [5.74, 6) is 0.658. The van der Waals surface area contributed by atoms with Gasteiger partial charge in [0.2, 0.25) is 0 Å². The second kappa shape index (κ2) is 8.99. The number of benzene rings is 1. The van der Waals surface area contributed by atoms with Gasteiger partial charge in [-0.25, -0.2) is 9.48 Å². The first kappa shape index (κ1) is 21.7. The van der Waals surface area contributed by atoms with Crippen molar-refractivity contribution < 1.29 is 9.53 Å². The lowest BCUT2D eigenvalue weighted by atomic mass is 9.88. The molecule has 1 aliphatic carbocycles. The molecule has 174 valence electrons. The number of methoxy groups -OCH3 is 1. The van der Waals surface area contributed by atoms with Gasteiger partial charge in [-0.1, -0.05) is 18.2 Å². The largest absolute Gasteiger partial charge is 0.380 e. The molecule has 1 aliphatic heterocycles. The fourth-order valence-corrected chi connectivity index (χ4v) is 4.90. The minimum Gasteiger partial charge on any atom is -0.380 e. The number of carbonyl (C=O) groups is 1. The molecule has 9 heteroatoms. The molecule has 3 aromatic rings. The zero-order valence-corrected chi connectivity index (χ0v) is 19.4. The second-order valence-corrected chi connectivity index (χ2v) is 8.97. The summed E-state index contributed by atoms with van der Waals surface area (Å²) >= 11 is 0. The number of aryl methyl sites for hydroxylation is 1. The van der Waals surface area contributed by atoms with Gasteiger partial charge in [0.05, 0.1) is 18.0 Å². The lowest BCUT2D eigenvalue weighted by Crippen LogP contribution is -2.51. The van der Waals surface area contributed by atoms with Crippen LogP contribution in [0.5, 0.6) is 0 Å². The highest BCUT2D eigenvalue weighted by Gasteiger charge is 2.39. The van der Waals surface area contributed by atoms with E-state index in [-0.39, 0.29) is 12.1 Å². The van der Waals surface area contributed by atoms with Crippen LogP contribution in [0.15, 0.2) is 42.7 Å². The zero-order valence-electron chi connectivity index (χ0n) is 19.4. The number of nitrogens with one attached hydrogen (secondary N) is 2. The van der Waals surface area contributed by atoms with Crippen LogP contribution in [0.25, 0.3) is 16.9 Å². The lowest BCUT2D eigenvalue weighted by molar-refractivity contribution is -0.0414. The third-order valence-electron chi connectivity index (χ3n) is 6.84. The maximum atomic E-state index is 13.0. The number of para-hydroxylation sites is 1. The lowest BCUT2D eigenvalue weighted by Gasteiger charge is -2.41. The maximum Gasteiger partial charge on any atom is 0.320 e. The van der Waals surface area contributed by atoms with Crippen LogP contribution in [0.4, 0.5) is 10.6 Å². The molecule has 0 bridgehead atoms. The summed E-state index contributed by atoms with van der Waals surface area (Å²) in [5.41, 5.74) is 3.48. The Morgan fingerprint density at radius 3 is 2.67 bits per heavy atom. The Bertz CT molecular complexity index is 1120. The van der Waals surface area contributed by atoms with Gasteiger partial charge in [0.25, 0.3) is 0 Å². The SMILES string of the molecule is COC1CCC1N1CC[C@H](NC(=O)Nc2c(C)c(-c3cnn(C)c3)nn2-c2ccccc2)C1. The van der Waals surface area contributed by atoms with E-state index in [9.17, 15) is 4.79 Å². The number of amides is 2. The van der Waals surface area contributed by atoms with Crippen LogP contribution in [0.2, 0.25) is 0 Å². The smallest absolute Gasteiger partial charge is 0.320 e. The van der Waals surface area contributed by atoms with E-state index in [2.05, 4.69) is 20.6 Å². The molecule has 2 aromatic heterocycles. The Kier molecular flexibility index (Phi) is 5.90. The molecule has 1 aromatic carbocycles. The average molecular weight is 450 g/mol. The number of aromatic nitrogens is 4. The number of urea groups is 1. The quantitative estimate of drug-likeness (QED) is 0.604. The predicted molar refractivity (Wildman–Crippen MR) is 126 cm³/mol. The maximum absolute atomic E-state index is 13.0. The van der Waals surface area contributed by atoms with Crippen LogP contribution >= 0.6 is 0 Å². The summed E-state index contributed by atoms with van der Waals surface area (Å²) in [7, 11) is 3.66. The van der Waals surface area contributed by atoms with Gasteiger partial charge in [-0.15, -0.1) is 0 Å². The fourth-order valence-electron chi connectivity index (χ4n) is 4.90. The highest BCUT2D eigenvalue weighted by atomic mass is 16.5. The number of hydrogen-bond acceptors (Lipinski definition) is 5. The van der Waals surface area contributed by atoms with Crippen molar-refractivity contribution in [1.82, 2.24) is 29.8 Å². The van der Waals surface area contributed by atoms with Gasteiger partial charge in [0.15, 0.2) is 0 Å². The van der Waals surface area contributed by atoms with E-state index < -0.39 is 0 Å². The highest BCUT2D eigenvalue weighted by molar-refractivity contribution is 5.91. The second-order valence-electron chi connectivity index (χ2n) is 8.97. The molecule has 3 atom stereocenters. The number of anilines is 1. The highest BCUT2D eigenvalue weighted by Crippen LogP contribution is 2.32. The minimum absolute atomic E-state index is 0.120. The van der Waals surface area contributed by atoms with Crippen LogP contribution in [-0.4, -0.2) is 68.9 Å². The molecule has 1 saturated heterocycles. The van der Waals surface area contributed by atoms with Crippen molar-refractivity contribution in [3.63, 3.8) is 0 Å². The molecule has 0 spiro atoms. The predicted octanol–water partition coefficient (Wildman–Crippen LogP) is 2.95. The number of nitrogens with zero attached hydrogens (tertiary/aromatic N) is 5. The van der Waals surface area contributed by atoms with Crippen LogP contribution in [0.1, 0.15) is 24.8 Å². The summed E-state index contributed by atoms with van der Waals surface area (Å²) in [6, 6.07) is 10.2. The third-order valence-corrected chi connectivity index (χ3v) is 6.84. The Labute approximate surface area is 193 Å². The monoisotopic (exact) mass is 449 g/mol. The van der Waals surface area contributed by atoms with Crippen LogP contribution in [0, 0.1) is 6.92 Å². The molecule has 2 unspecified atom stereocenters. The number of hydrogen-bond donors (Lipinski definition) is 2. The van der Waals surface area contributed by atoms with Crippen molar-refractivity contribution in [1.29, 1.82) is 0 Å². The van der Waals surface area contributed by atoms with Crippen molar-refractivity contribution in [2.24, 2.45) is 7.05 Å². The molecule has 2 fully saturated rings. The van der Waals surface area contributed by atoms with E-state index in [1.807, 2.05) is 50.5 Å². The summed E-state index contributed by atoms with van der Waals surface area (Å²) in [4.78, 5) is 15.5. The summed E-state index contributed by atoms with van der Waals surface area (Å²) in [5, 5.41) is 15.3. The van der Waals surface area contributed by atoms with E-state index in [4.69, 9.17) is 9.84 Å². The number of carbonyl (C=O) groups excluding carboxylic acids is 1. The standard InChI is InChI=1S/C24H31N7O2/c1-16-22(17-13-25-29(2)14-17)28-31(19-7-5-4-6-8-19)23(16)27-24(32)26-18-11-12-30(15-18)20-9-10-21(20)33-3/h4-8,13-14,18,20-21H,9-12,15H2,1-3H3,(H2,26,27,32)/t18-,20?,21?/m0/s1. The Morgan fingerprint density at radius 1 is 1.18 bits per heavy atom. The van der Waals surface area contributed by atoms with Gasteiger partial charge in [-0.3, -0.25) is 14.9 Å². The molecule has 9 nitrogen and oxygen atoms in total. The van der Waals surface area contributed by atoms with Crippen LogP contribution < -0.4 is 10.6 Å². The first-order chi connectivity index (χ1) is 16.0. The molecule has 5 rings (SSSR count). The van der Waals surface area contributed by atoms with Gasteiger partial charge < -0.3 is 10.1 Å². The van der Waals surface area contributed by atoms with Gasteiger partial charge in [-0.05, 0) is 38.3 Å². The summed E-state index contributed by atoms with van der Waals surface area (Å²) in [6.07, 6.45) is 7.27. The van der Waals surface area contributed by atoms with E-state index in [1.54, 1.807) is 22.7 Å². The van der Waals surface area contributed by atoms with Crippen molar-refractivity contribution in [3.8, 4) is 16.9 Å². The Morgan fingerprint density at radius 2 is 2.00 bits per heavy atom. The fraction of sp³-hybridized carbons (Fsp3) is 0.458. The summed E-state index contributed by atoms with van der Waals surface area (Å²) < 4.78 is 9.09. The van der Waals surface area contributed by atoms with E-state index in [1.165, 1.54) is 6.42 Å². The molecular weight excluding hydrogens is 418 g/mol. The van der Waals surface area contributed by atoms with Gasteiger partial charge in [-0.2, -0.15) is 10.2 Å². The minimum atomic E-state index is -0.211. The number of ether oxygens (including phenoxy) is 1. The Hall–Kier alpha value is -3.17. The molecule has 2 aliphatic rings. The molecule has 2 N–H and O–H groups in total. The topological polar surface area (TPSA) is 89.2 Å². The van der Waals surface area contributed by atoms with Gasteiger partial charge in [0.1, 0.15) is 11.5 Å². The van der Waals surface area contributed by atoms with Gasteiger partial charge >= 0.3 is 6.03 Å². The van der Waals surface area contributed by atoms with Crippen molar-refractivity contribution in [2.45, 2.75) is 44.4 Å². The molecule has 1 saturated carbocycles. The molecule has 0 radical (unpaired) electrons. The Balaban J connectivity index is 1.33. The molecular formula is C24H31N7O2. The molecule has 3 heterocycles. The van der Waals surface area contributed by atoms with Crippen molar-refractivity contribution in [3.05, 3.63) is 48.3 Å². The summed E-state index contributed by atoms with van der Waals surface area (Å²) in [6.45, 7) is 3.82. The molecule has 2 amide bonds. The number of likely N-dealkylation sites (tertiary alicyclic amines) is 1. The zero-order chi connectivity index (χ0) is 22.9. The van der Waals surface area contributed by atoms with Gasteiger partial charge in [0, 0.05) is 56.7 Å². The van der Waals surface area contributed by atoms with E-state index in [0.29, 0.717) is 18.0 Å². The first-order valence-corrected chi connectivity index (χ1v) is 11.5. The third kappa shape index (κ3) is 4.26. The van der Waals surface area contributed by atoms with E-state index in [0.717, 1.165) is 48.4 Å². The van der Waals surface area contributed by atoms with Crippen LogP contribution in [-0.2, 0) is 11.8 Å². The van der Waals surface area contributed by atoms with Crippen molar-refractivity contribution in [2.75, 3.05) is 25.5 Å².